The van der Waals surface area contributed by atoms with Crippen molar-refractivity contribution in [3.05, 3.63) is 48.2 Å². The van der Waals surface area contributed by atoms with Crippen molar-refractivity contribution in [2.45, 2.75) is 0 Å². The highest BCUT2D eigenvalue weighted by Gasteiger charge is 2.20. The zero-order chi connectivity index (χ0) is 8.55. The normalized spacial score (nSPS) is 18.8. The predicted molar refractivity (Wildman–Crippen MR) is 47.2 cm³/mol. The summed E-state index contributed by atoms with van der Waals surface area (Å²) >= 11 is 0. The van der Waals surface area contributed by atoms with Crippen LogP contribution in [0.2, 0.25) is 0 Å². The largest absolute Gasteiger partial charge is 0.310 e. The Bertz CT molecular complexity index is 334. The first-order valence-electron chi connectivity index (χ1n) is 3.84. The fraction of sp³-hybridized carbons (Fsp3) is 0.100. The minimum Gasteiger partial charge on any atom is -0.310 e. The molecule has 0 saturated heterocycles. The van der Waals surface area contributed by atoms with E-state index in [9.17, 15) is 4.79 Å². The standard InChI is InChI=1S/C10H9NO/c1-2-10(12)11-6-8-4-3-5-9(8)7-11/h2-6H,1,7H2. The van der Waals surface area contributed by atoms with Gasteiger partial charge in [0.05, 0.1) is 6.54 Å². The van der Waals surface area contributed by atoms with Crippen molar-refractivity contribution in [1.29, 1.82) is 0 Å². The molecule has 0 fully saturated rings. The predicted octanol–water partition coefficient (Wildman–Crippen LogP) is 1.39. The second-order valence-corrected chi connectivity index (χ2v) is 2.81. The molecule has 0 radical (unpaired) electrons. The third kappa shape index (κ3) is 0.925. The summed E-state index contributed by atoms with van der Waals surface area (Å²) in [5.74, 6) is -0.0359. The summed E-state index contributed by atoms with van der Waals surface area (Å²) in [6.45, 7) is 4.13. The summed E-state index contributed by atoms with van der Waals surface area (Å²) in [5.41, 5.74) is 2.36. The van der Waals surface area contributed by atoms with Crippen molar-refractivity contribution in [3.8, 4) is 0 Å². The number of carbonyl (C=O) groups is 1. The Morgan fingerprint density at radius 2 is 2.50 bits per heavy atom. The Labute approximate surface area is 71.2 Å². The average molecular weight is 159 g/mol. The van der Waals surface area contributed by atoms with Crippen molar-refractivity contribution < 1.29 is 4.79 Å². The Balaban J connectivity index is 2.23. The van der Waals surface area contributed by atoms with Gasteiger partial charge in [-0.2, -0.15) is 0 Å². The van der Waals surface area contributed by atoms with Gasteiger partial charge in [0.1, 0.15) is 0 Å². The van der Waals surface area contributed by atoms with Crippen LogP contribution in [-0.2, 0) is 4.79 Å². The number of hydrogen-bond acceptors (Lipinski definition) is 1. The smallest absolute Gasteiger partial charge is 0.250 e. The van der Waals surface area contributed by atoms with E-state index in [4.69, 9.17) is 0 Å². The molecule has 1 aliphatic heterocycles. The summed E-state index contributed by atoms with van der Waals surface area (Å²) in [6.07, 6.45) is 9.23. The minimum absolute atomic E-state index is 0.0359. The van der Waals surface area contributed by atoms with Crippen molar-refractivity contribution >= 4 is 5.91 Å². The van der Waals surface area contributed by atoms with Crippen molar-refractivity contribution in [1.82, 2.24) is 4.90 Å². The molecule has 0 bridgehead atoms. The number of allylic oxidation sites excluding steroid dienone is 3. The molecule has 2 aliphatic rings. The zero-order valence-electron chi connectivity index (χ0n) is 6.66. The van der Waals surface area contributed by atoms with Gasteiger partial charge in [-0.15, -0.1) is 0 Å². The summed E-state index contributed by atoms with van der Waals surface area (Å²) in [4.78, 5) is 12.8. The fourth-order valence-corrected chi connectivity index (χ4v) is 1.40. The van der Waals surface area contributed by atoms with E-state index >= 15 is 0 Å². The van der Waals surface area contributed by atoms with Gasteiger partial charge in [-0.1, -0.05) is 24.8 Å². The van der Waals surface area contributed by atoms with Crippen LogP contribution in [-0.4, -0.2) is 17.4 Å². The highest BCUT2D eigenvalue weighted by molar-refractivity contribution is 5.89. The van der Waals surface area contributed by atoms with E-state index in [2.05, 4.69) is 6.58 Å². The molecular formula is C10H9NO. The molecule has 2 heteroatoms. The molecule has 2 nitrogen and oxygen atoms in total. The maximum atomic E-state index is 11.2. The first kappa shape index (κ1) is 7.10. The highest BCUT2D eigenvalue weighted by Crippen LogP contribution is 2.26. The molecule has 0 spiro atoms. The van der Waals surface area contributed by atoms with Crippen molar-refractivity contribution in [3.63, 3.8) is 0 Å². The van der Waals surface area contributed by atoms with Gasteiger partial charge in [0.15, 0.2) is 0 Å². The topological polar surface area (TPSA) is 20.3 Å². The minimum atomic E-state index is -0.0359. The molecule has 0 saturated carbocycles. The van der Waals surface area contributed by atoms with E-state index in [0.717, 1.165) is 5.57 Å². The van der Waals surface area contributed by atoms with Gasteiger partial charge in [0.25, 0.3) is 0 Å². The van der Waals surface area contributed by atoms with Gasteiger partial charge in [0.2, 0.25) is 5.91 Å². The third-order valence-corrected chi connectivity index (χ3v) is 2.04. The van der Waals surface area contributed by atoms with Crippen LogP contribution in [0.15, 0.2) is 48.2 Å². The van der Waals surface area contributed by atoms with E-state index in [1.54, 1.807) is 4.90 Å². The zero-order valence-corrected chi connectivity index (χ0v) is 6.66. The summed E-state index contributed by atoms with van der Waals surface area (Å²) in [6, 6.07) is 0. The van der Waals surface area contributed by atoms with Crippen LogP contribution >= 0.6 is 0 Å². The van der Waals surface area contributed by atoms with E-state index in [-0.39, 0.29) is 5.91 Å². The molecule has 12 heavy (non-hydrogen) atoms. The number of nitrogens with zero attached hydrogens (tertiary/aromatic N) is 1. The molecule has 1 amide bonds. The molecular weight excluding hydrogens is 150 g/mol. The molecule has 60 valence electrons. The van der Waals surface area contributed by atoms with Crippen LogP contribution in [0.4, 0.5) is 0 Å². The number of carbonyl (C=O) groups excluding carboxylic acids is 1. The lowest BCUT2D eigenvalue weighted by Crippen LogP contribution is -2.21. The second kappa shape index (κ2) is 2.48. The Morgan fingerprint density at radius 3 is 3.17 bits per heavy atom. The van der Waals surface area contributed by atoms with E-state index in [0.29, 0.717) is 6.54 Å². The Kier molecular flexibility index (Phi) is 1.47. The van der Waals surface area contributed by atoms with Crippen LogP contribution in [0.1, 0.15) is 0 Å². The van der Waals surface area contributed by atoms with Gasteiger partial charge in [-0.25, -0.2) is 0 Å². The lowest BCUT2D eigenvalue weighted by Gasteiger charge is -2.09. The molecule has 0 N–H and O–H groups in total. The van der Waals surface area contributed by atoms with Crippen molar-refractivity contribution in [2.75, 3.05) is 6.54 Å². The number of rotatable bonds is 1. The Hall–Kier alpha value is -1.57. The number of fused-ring (bicyclic) bond motifs is 1. The van der Waals surface area contributed by atoms with Gasteiger partial charge in [-0.3, -0.25) is 4.79 Å². The Morgan fingerprint density at radius 1 is 1.67 bits per heavy atom. The van der Waals surface area contributed by atoms with Crippen LogP contribution < -0.4 is 0 Å². The SMILES string of the molecule is C=CC(=O)N1C=C2C=CC=C2C1. The lowest BCUT2D eigenvalue weighted by atomic mass is 10.2. The lowest BCUT2D eigenvalue weighted by molar-refractivity contribution is -0.123. The van der Waals surface area contributed by atoms with Gasteiger partial charge in [0, 0.05) is 6.20 Å². The fourth-order valence-electron chi connectivity index (χ4n) is 1.40. The summed E-state index contributed by atoms with van der Waals surface area (Å²) < 4.78 is 0. The first-order valence-corrected chi connectivity index (χ1v) is 3.84. The molecule has 1 aliphatic carbocycles. The summed E-state index contributed by atoms with van der Waals surface area (Å²) in [5, 5.41) is 0. The number of hydrogen-bond donors (Lipinski definition) is 0. The maximum Gasteiger partial charge on any atom is 0.250 e. The number of amides is 1. The third-order valence-electron chi connectivity index (χ3n) is 2.04. The van der Waals surface area contributed by atoms with Gasteiger partial charge < -0.3 is 4.90 Å². The molecule has 0 unspecified atom stereocenters. The molecule has 0 atom stereocenters. The summed E-state index contributed by atoms with van der Waals surface area (Å²) in [7, 11) is 0. The molecule has 2 rings (SSSR count). The van der Waals surface area contributed by atoms with Gasteiger partial charge in [-0.05, 0) is 17.2 Å². The second-order valence-electron chi connectivity index (χ2n) is 2.81. The van der Waals surface area contributed by atoms with Crippen LogP contribution in [0.3, 0.4) is 0 Å². The molecule has 1 heterocycles. The van der Waals surface area contributed by atoms with Crippen molar-refractivity contribution in [2.24, 2.45) is 0 Å². The van der Waals surface area contributed by atoms with E-state index in [1.807, 2.05) is 24.4 Å². The van der Waals surface area contributed by atoms with Gasteiger partial charge >= 0.3 is 0 Å². The molecule has 0 aromatic heterocycles. The van der Waals surface area contributed by atoms with E-state index < -0.39 is 0 Å². The van der Waals surface area contributed by atoms with Crippen LogP contribution in [0.5, 0.6) is 0 Å². The highest BCUT2D eigenvalue weighted by atomic mass is 16.2. The molecule has 0 aromatic carbocycles. The quantitative estimate of drug-likeness (QED) is 0.529. The molecule has 0 aromatic rings. The first-order chi connectivity index (χ1) is 5.81. The van der Waals surface area contributed by atoms with Crippen LogP contribution in [0.25, 0.3) is 0 Å². The van der Waals surface area contributed by atoms with E-state index in [1.165, 1.54) is 11.6 Å². The monoisotopic (exact) mass is 159 g/mol. The maximum absolute atomic E-state index is 11.2. The average Bonchev–Trinajstić information content (AvgIpc) is 2.60. The van der Waals surface area contributed by atoms with Crippen LogP contribution in [0, 0.1) is 0 Å².